The second kappa shape index (κ2) is 5.63. The van der Waals surface area contributed by atoms with E-state index in [1.807, 2.05) is 25.1 Å². The van der Waals surface area contributed by atoms with Crippen molar-refractivity contribution in [2.45, 2.75) is 32.4 Å². The normalized spacial score (nSPS) is 19.8. The van der Waals surface area contributed by atoms with Crippen LogP contribution in [0.15, 0.2) is 22.7 Å². The van der Waals surface area contributed by atoms with Gasteiger partial charge in [0.2, 0.25) is 11.8 Å². The van der Waals surface area contributed by atoms with Gasteiger partial charge >= 0.3 is 0 Å². The van der Waals surface area contributed by atoms with E-state index in [-0.39, 0.29) is 17.9 Å². The molecule has 18 heavy (non-hydrogen) atoms. The van der Waals surface area contributed by atoms with E-state index in [0.29, 0.717) is 19.4 Å². The molecule has 1 aliphatic heterocycles. The molecule has 1 unspecified atom stereocenters. The van der Waals surface area contributed by atoms with Crippen molar-refractivity contribution in [1.82, 2.24) is 10.6 Å². The second-order valence-electron chi connectivity index (χ2n) is 4.47. The number of carbonyl (C=O) groups is 2. The van der Waals surface area contributed by atoms with E-state index in [9.17, 15) is 9.59 Å². The average Bonchev–Trinajstić information content (AvgIpc) is 2.32. The molecule has 0 aliphatic carbocycles. The van der Waals surface area contributed by atoms with Gasteiger partial charge < -0.3 is 5.32 Å². The summed E-state index contributed by atoms with van der Waals surface area (Å²) < 4.78 is 1.06. The van der Waals surface area contributed by atoms with Crippen LogP contribution in [0.25, 0.3) is 0 Å². The molecule has 1 aromatic rings. The quantitative estimate of drug-likeness (QED) is 0.835. The van der Waals surface area contributed by atoms with Crippen LogP contribution in [0.5, 0.6) is 0 Å². The van der Waals surface area contributed by atoms with Crippen LogP contribution in [0, 0.1) is 6.92 Å². The van der Waals surface area contributed by atoms with Crippen LogP contribution >= 0.6 is 15.9 Å². The summed E-state index contributed by atoms with van der Waals surface area (Å²) >= 11 is 3.48. The fourth-order valence-electron chi connectivity index (χ4n) is 1.88. The number of amides is 2. The van der Waals surface area contributed by atoms with Crippen LogP contribution in [0.2, 0.25) is 0 Å². The molecule has 96 valence electrons. The lowest BCUT2D eigenvalue weighted by Gasteiger charge is -2.22. The third kappa shape index (κ3) is 3.17. The van der Waals surface area contributed by atoms with Gasteiger partial charge in [-0.25, -0.2) is 0 Å². The lowest BCUT2D eigenvalue weighted by Crippen LogP contribution is -2.50. The first kappa shape index (κ1) is 13.2. The molecule has 1 aliphatic rings. The minimum Gasteiger partial charge on any atom is -0.302 e. The minimum absolute atomic E-state index is 0.184. The van der Waals surface area contributed by atoms with Gasteiger partial charge in [-0.05, 0) is 30.5 Å². The van der Waals surface area contributed by atoms with Crippen molar-refractivity contribution in [3.05, 3.63) is 33.8 Å². The number of benzene rings is 1. The number of aryl methyl sites for hydroxylation is 1. The van der Waals surface area contributed by atoms with Gasteiger partial charge in [0, 0.05) is 17.4 Å². The Labute approximate surface area is 114 Å². The topological polar surface area (TPSA) is 58.2 Å². The van der Waals surface area contributed by atoms with Crippen LogP contribution in [0.3, 0.4) is 0 Å². The van der Waals surface area contributed by atoms with Crippen LogP contribution in [-0.2, 0) is 16.1 Å². The summed E-state index contributed by atoms with van der Waals surface area (Å²) in [7, 11) is 0. The number of imide groups is 1. The maximum atomic E-state index is 11.5. The molecule has 0 saturated carbocycles. The van der Waals surface area contributed by atoms with Crippen molar-refractivity contribution in [2.24, 2.45) is 0 Å². The average molecular weight is 311 g/mol. The van der Waals surface area contributed by atoms with E-state index in [0.717, 1.165) is 10.0 Å². The molecule has 5 heteroatoms. The predicted octanol–water partition coefficient (Wildman–Crippen LogP) is 1.65. The second-order valence-corrected chi connectivity index (χ2v) is 5.32. The van der Waals surface area contributed by atoms with E-state index >= 15 is 0 Å². The first-order valence-electron chi connectivity index (χ1n) is 5.88. The van der Waals surface area contributed by atoms with Crippen molar-refractivity contribution in [3.63, 3.8) is 0 Å². The summed E-state index contributed by atoms with van der Waals surface area (Å²) in [5.74, 6) is -0.409. The lowest BCUT2D eigenvalue weighted by atomic mass is 10.1. The summed E-state index contributed by atoms with van der Waals surface area (Å²) in [5, 5.41) is 5.51. The summed E-state index contributed by atoms with van der Waals surface area (Å²) in [6, 6.07) is 5.82. The fourth-order valence-corrected chi connectivity index (χ4v) is 2.30. The largest absolute Gasteiger partial charge is 0.302 e. The van der Waals surface area contributed by atoms with Crippen molar-refractivity contribution in [1.29, 1.82) is 0 Å². The summed E-state index contributed by atoms with van der Waals surface area (Å²) in [4.78, 5) is 22.6. The molecule has 2 rings (SSSR count). The number of hydrogen-bond acceptors (Lipinski definition) is 3. The molecule has 2 N–H and O–H groups in total. The molecule has 0 bridgehead atoms. The van der Waals surface area contributed by atoms with E-state index in [1.165, 1.54) is 5.56 Å². The van der Waals surface area contributed by atoms with Crippen LogP contribution in [-0.4, -0.2) is 17.9 Å². The van der Waals surface area contributed by atoms with Gasteiger partial charge in [-0.15, -0.1) is 0 Å². The zero-order chi connectivity index (χ0) is 13.1. The van der Waals surface area contributed by atoms with Crippen molar-refractivity contribution < 1.29 is 9.59 Å². The van der Waals surface area contributed by atoms with Gasteiger partial charge in [0.05, 0.1) is 6.04 Å². The van der Waals surface area contributed by atoms with Crippen molar-refractivity contribution >= 4 is 27.7 Å². The van der Waals surface area contributed by atoms with Crippen LogP contribution in [0.1, 0.15) is 24.0 Å². The highest BCUT2D eigenvalue weighted by Crippen LogP contribution is 2.17. The molecule has 1 atom stereocenters. The van der Waals surface area contributed by atoms with E-state index in [4.69, 9.17) is 0 Å². The van der Waals surface area contributed by atoms with Crippen LogP contribution in [0.4, 0.5) is 0 Å². The van der Waals surface area contributed by atoms with Gasteiger partial charge in [-0.2, -0.15) is 0 Å². The van der Waals surface area contributed by atoms with Crippen molar-refractivity contribution in [3.8, 4) is 0 Å². The van der Waals surface area contributed by atoms with Crippen LogP contribution < -0.4 is 10.6 Å². The highest BCUT2D eigenvalue weighted by atomic mass is 79.9. The molecular formula is C13H15BrN2O2. The Morgan fingerprint density at radius 2 is 2.22 bits per heavy atom. The molecule has 2 amide bonds. The smallest absolute Gasteiger partial charge is 0.243 e. The molecule has 1 aromatic carbocycles. The molecule has 1 fully saturated rings. The lowest BCUT2D eigenvalue weighted by molar-refractivity contribution is -0.134. The SMILES string of the molecule is Cc1ccc(CNC2CCC(=O)NC2=O)cc1Br. The van der Waals surface area contributed by atoms with E-state index < -0.39 is 0 Å². The van der Waals surface area contributed by atoms with Gasteiger partial charge in [0.25, 0.3) is 0 Å². The monoisotopic (exact) mass is 310 g/mol. The molecule has 0 radical (unpaired) electrons. The van der Waals surface area contributed by atoms with E-state index in [2.05, 4.69) is 26.6 Å². The zero-order valence-electron chi connectivity index (χ0n) is 10.1. The zero-order valence-corrected chi connectivity index (χ0v) is 11.7. The number of rotatable bonds is 3. The number of halogens is 1. The number of piperidine rings is 1. The molecule has 4 nitrogen and oxygen atoms in total. The molecule has 0 spiro atoms. The third-order valence-electron chi connectivity index (χ3n) is 3.03. The first-order valence-corrected chi connectivity index (χ1v) is 6.67. The maximum absolute atomic E-state index is 11.5. The number of nitrogens with one attached hydrogen (secondary N) is 2. The van der Waals surface area contributed by atoms with Gasteiger partial charge in [-0.3, -0.25) is 14.9 Å². The number of carbonyl (C=O) groups excluding carboxylic acids is 2. The molecule has 1 heterocycles. The minimum atomic E-state index is -0.275. The fraction of sp³-hybridized carbons (Fsp3) is 0.385. The van der Waals surface area contributed by atoms with Gasteiger partial charge in [-0.1, -0.05) is 28.1 Å². The van der Waals surface area contributed by atoms with Gasteiger partial charge in [0.15, 0.2) is 0 Å². The maximum Gasteiger partial charge on any atom is 0.243 e. The number of hydrogen-bond donors (Lipinski definition) is 2. The molecular weight excluding hydrogens is 296 g/mol. The third-order valence-corrected chi connectivity index (χ3v) is 3.88. The standard InChI is InChI=1S/C13H15BrN2O2/c1-8-2-3-9(6-10(8)14)7-15-11-4-5-12(17)16-13(11)18/h2-3,6,11,15H,4-5,7H2,1H3,(H,16,17,18). The Kier molecular flexibility index (Phi) is 4.14. The highest BCUT2D eigenvalue weighted by molar-refractivity contribution is 9.10. The Morgan fingerprint density at radius 1 is 1.44 bits per heavy atom. The molecule has 0 aromatic heterocycles. The summed E-state index contributed by atoms with van der Waals surface area (Å²) in [5.41, 5.74) is 2.29. The summed E-state index contributed by atoms with van der Waals surface area (Å²) in [6.07, 6.45) is 0.971. The first-order chi connectivity index (χ1) is 8.56. The summed E-state index contributed by atoms with van der Waals surface area (Å²) in [6.45, 7) is 2.65. The Balaban J connectivity index is 1.93. The van der Waals surface area contributed by atoms with Crippen molar-refractivity contribution in [2.75, 3.05) is 0 Å². The Morgan fingerprint density at radius 3 is 2.89 bits per heavy atom. The Bertz CT molecular complexity index is 488. The molecule has 1 saturated heterocycles. The predicted molar refractivity (Wildman–Crippen MR) is 71.9 cm³/mol. The highest BCUT2D eigenvalue weighted by Gasteiger charge is 2.25. The van der Waals surface area contributed by atoms with E-state index in [1.54, 1.807) is 0 Å². The Hall–Kier alpha value is -1.20. The van der Waals surface area contributed by atoms with Gasteiger partial charge in [0.1, 0.15) is 0 Å².